The average Bonchev–Trinajstić information content (AvgIpc) is 3.09. The molecule has 16 heteroatoms. The minimum Gasteiger partial charge on any atom is -0.374 e. The molecular weight excluding hydrogens is 505 g/mol. The fourth-order valence-electron chi connectivity index (χ4n) is 3.64. The number of nitriles is 1. The first kappa shape index (κ1) is 29.7. The molecule has 1 aromatic heterocycles. The molecule has 2 rings (SSSR count). The van der Waals surface area contributed by atoms with E-state index >= 15 is 0 Å². The molecule has 14 nitrogen and oxygen atoms in total. The zero-order chi connectivity index (χ0) is 26.1. The highest BCUT2D eigenvalue weighted by atomic mass is 32.2. The molecule has 2 heterocycles. The van der Waals surface area contributed by atoms with Gasteiger partial charge in [0.25, 0.3) is 25.4 Å². The molecule has 6 atom stereocenters. The number of aromatic amines is 1. The molecule has 0 saturated carbocycles. The number of methoxy groups -OCH3 is 1. The predicted molar refractivity (Wildman–Crippen MR) is 126 cm³/mol. The Kier molecular flexibility index (Phi) is 12.1. The van der Waals surface area contributed by atoms with Crippen LogP contribution in [0, 0.1) is 11.3 Å². The van der Waals surface area contributed by atoms with E-state index in [0.29, 0.717) is 0 Å². The molecule has 0 amide bonds. The highest BCUT2D eigenvalue weighted by Crippen LogP contribution is 2.50. The van der Waals surface area contributed by atoms with Crippen molar-refractivity contribution in [2.24, 2.45) is 0 Å². The second-order valence-corrected chi connectivity index (χ2v) is 10.1. The first-order valence-electron chi connectivity index (χ1n) is 10.8. The fourth-order valence-corrected chi connectivity index (χ4v) is 5.57. The van der Waals surface area contributed by atoms with Crippen molar-refractivity contribution < 1.29 is 32.1 Å². The van der Waals surface area contributed by atoms with E-state index in [1.165, 1.54) is 19.4 Å². The van der Waals surface area contributed by atoms with Crippen molar-refractivity contribution in [1.82, 2.24) is 19.1 Å². The van der Waals surface area contributed by atoms with E-state index < -0.39 is 55.6 Å². The van der Waals surface area contributed by atoms with Gasteiger partial charge in [0.2, 0.25) is 0 Å². The lowest BCUT2D eigenvalue weighted by Gasteiger charge is -2.38. The Morgan fingerprint density at radius 2 is 2.03 bits per heavy atom. The molecular formula is C19H32N5O9PS. The standard InChI is InChI=1S/C19H32N5O9PS/c1-12(2)24(13(3)4)34(31-10-6-8-20)33-16-14(11-30-22-35(27)28)32-18(17(16)29-5)23-9-7-15(25)21-19(23)26/h7,9,12-14,16-18,22H,6,10-11H2,1-5H3,(H,27,28)(H,21,25,26)/t14-,16-,17-,18-,34?/m1/s1. The topological polar surface area (TPSA) is 177 Å². The van der Waals surface area contributed by atoms with Crippen LogP contribution < -0.4 is 16.1 Å². The SMILES string of the molecule is CO[C@@H]1[C@H](OP(OCCC#N)N(C(C)C)C(C)C)[C@@H](CONS(=O)O)O[C@H]1n1ccc(=O)[nH]c1=O. The molecule has 35 heavy (non-hydrogen) atoms. The Hall–Kier alpha value is -1.57. The number of nitrogens with zero attached hydrogens (tertiary/aromatic N) is 3. The van der Waals surface area contributed by atoms with Crippen molar-refractivity contribution in [2.75, 3.05) is 20.3 Å². The normalized spacial score (nSPS) is 24.2. The van der Waals surface area contributed by atoms with Crippen molar-refractivity contribution in [3.63, 3.8) is 0 Å². The molecule has 1 aliphatic rings. The summed E-state index contributed by atoms with van der Waals surface area (Å²) in [6.45, 7) is 7.82. The molecule has 1 aliphatic heterocycles. The fraction of sp³-hybridized carbons (Fsp3) is 0.737. The summed E-state index contributed by atoms with van der Waals surface area (Å²) in [5.41, 5.74) is -1.28. The van der Waals surface area contributed by atoms with E-state index in [2.05, 4.69) is 4.98 Å². The van der Waals surface area contributed by atoms with E-state index in [9.17, 15) is 13.8 Å². The molecule has 0 aliphatic carbocycles. The maximum absolute atomic E-state index is 12.4. The largest absolute Gasteiger partial charge is 0.374 e. The maximum Gasteiger partial charge on any atom is 0.330 e. The molecule has 1 fully saturated rings. The summed E-state index contributed by atoms with van der Waals surface area (Å²) >= 11 is -2.43. The van der Waals surface area contributed by atoms with E-state index in [1.807, 2.05) is 43.3 Å². The molecule has 3 N–H and O–H groups in total. The number of ether oxygens (including phenoxy) is 2. The Balaban J connectivity index is 2.41. The molecule has 0 spiro atoms. The quantitative estimate of drug-likeness (QED) is 0.132. The summed E-state index contributed by atoms with van der Waals surface area (Å²) in [5.74, 6) is 0. The van der Waals surface area contributed by atoms with Crippen LogP contribution in [0.2, 0.25) is 0 Å². The Morgan fingerprint density at radius 3 is 2.57 bits per heavy atom. The first-order valence-corrected chi connectivity index (χ1v) is 13.1. The van der Waals surface area contributed by atoms with Crippen molar-refractivity contribution in [2.45, 2.75) is 70.7 Å². The third-order valence-electron chi connectivity index (χ3n) is 4.94. The molecule has 0 aromatic carbocycles. The minimum absolute atomic E-state index is 0.0253. The molecule has 1 aromatic rings. The number of nitrogens with one attached hydrogen (secondary N) is 2. The van der Waals surface area contributed by atoms with E-state index in [-0.39, 0.29) is 31.7 Å². The number of hydrogen-bond donors (Lipinski definition) is 3. The van der Waals surface area contributed by atoms with Crippen molar-refractivity contribution in [3.05, 3.63) is 33.1 Å². The van der Waals surface area contributed by atoms with Crippen LogP contribution in [-0.4, -0.2) is 73.7 Å². The maximum atomic E-state index is 12.4. The van der Waals surface area contributed by atoms with E-state index in [4.69, 9.17) is 33.2 Å². The summed E-state index contributed by atoms with van der Waals surface area (Å²) in [6.07, 6.45) is -2.14. The molecule has 198 valence electrons. The zero-order valence-electron chi connectivity index (χ0n) is 20.2. The van der Waals surface area contributed by atoms with E-state index in [1.54, 1.807) is 0 Å². The van der Waals surface area contributed by atoms with Crippen LogP contribution in [0.5, 0.6) is 0 Å². The first-order chi connectivity index (χ1) is 16.6. The van der Waals surface area contributed by atoms with Crippen LogP contribution in [0.15, 0.2) is 21.9 Å². The predicted octanol–water partition coefficient (Wildman–Crippen LogP) is 0.768. The summed E-state index contributed by atoms with van der Waals surface area (Å²) in [5, 5.41) is 8.95. The van der Waals surface area contributed by atoms with Gasteiger partial charge in [-0.3, -0.25) is 23.7 Å². The van der Waals surface area contributed by atoms with Gasteiger partial charge in [0.15, 0.2) is 6.23 Å². The lowest BCUT2D eigenvalue weighted by atomic mass is 10.1. The van der Waals surface area contributed by atoms with Crippen LogP contribution in [0.3, 0.4) is 0 Å². The zero-order valence-corrected chi connectivity index (χ0v) is 21.9. The van der Waals surface area contributed by atoms with Gasteiger partial charge < -0.3 is 18.5 Å². The van der Waals surface area contributed by atoms with Gasteiger partial charge in [0.1, 0.15) is 18.3 Å². The second kappa shape index (κ2) is 14.2. The van der Waals surface area contributed by atoms with Gasteiger partial charge in [-0.25, -0.2) is 13.7 Å². The number of hydrogen-bond acceptors (Lipinski definition) is 10. The van der Waals surface area contributed by atoms with Gasteiger partial charge in [-0.1, -0.05) is 4.89 Å². The highest BCUT2D eigenvalue weighted by Gasteiger charge is 2.49. The van der Waals surface area contributed by atoms with Crippen molar-refractivity contribution in [3.8, 4) is 6.07 Å². The Morgan fingerprint density at radius 1 is 1.34 bits per heavy atom. The lowest BCUT2D eigenvalue weighted by molar-refractivity contribution is -0.0783. The summed E-state index contributed by atoms with van der Waals surface area (Å²) in [4.78, 5) is 33.1. The highest BCUT2D eigenvalue weighted by molar-refractivity contribution is 7.76. The second-order valence-electron chi connectivity index (χ2n) is 8.04. The molecule has 0 bridgehead atoms. The van der Waals surface area contributed by atoms with E-state index in [0.717, 1.165) is 4.57 Å². The summed E-state index contributed by atoms with van der Waals surface area (Å²) in [6, 6.07) is 3.26. The average molecular weight is 538 g/mol. The van der Waals surface area contributed by atoms with Gasteiger partial charge in [0, 0.05) is 31.5 Å². The number of H-pyrrole nitrogens is 1. The van der Waals surface area contributed by atoms with Crippen LogP contribution in [0.4, 0.5) is 0 Å². The Bertz CT molecular complexity index is 976. The van der Waals surface area contributed by atoms with Crippen LogP contribution in [0.1, 0.15) is 40.3 Å². The molecule has 0 radical (unpaired) electrons. The molecule has 1 saturated heterocycles. The number of rotatable bonds is 14. The molecule has 2 unspecified atom stereocenters. The smallest absolute Gasteiger partial charge is 0.330 e. The van der Waals surface area contributed by atoms with Gasteiger partial charge in [-0.05, 0) is 27.7 Å². The van der Waals surface area contributed by atoms with Gasteiger partial charge in [0.05, 0.1) is 25.7 Å². The van der Waals surface area contributed by atoms with Crippen molar-refractivity contribution in [1.29, 1.82) is 5.26 Å². The third-order valence-corrected chi connectivity index (χ3v) is 7.32. The summed E-state index contributed by atoms with van der Waals surface area (Å²) in [7, 11) is -0.305. The van der Waals surface area contributed by atoms with Crippen LogP contribution in [0.25, 0.3) is 0 Å². The minimum atomic E-state index is -2.43. The lowest BCUT2D eigenvalue weighted by Crippen LogP contribution is -2.42. The van der Waals surface area contributed by atoms with Gasteiger partial charge in [-0.15, -0.1) is 0 Å². The Labute approximate surface area is 206 Å². The monoisotopic (exact) mass is 537 g/mol. The summed E-state index contributed by atoms with van der Waals surface area (Å²) < 4.78 is 47.1. The van der Waals surface area contributed by atoms with Gasteiger partial charge >= 0.3 is 5.69 Å². The van der Waals surface area contributed by atoms with Crippen LogP contribution in [-0.2, 0) is 34.6 Å². The third kappa shape index (κ3) is 8.22. The van der Waals surface area contributed by atoms with Gasteiger partial charge in [-0.2, -0.15) is 5.26 Å². The van der Waals surface area contributed by atoms with Crippen molar-refractivity contribution >= 4 is 19.8 Å². The van der Waals surface area contributed by atoms with Crippen LogP contribution >= 0.6 is 8.53 Å². The number of aromatic nitrogens is 2.